The second-order valence-electron chi connectivity index (χ2n) is 4.56. The van der Waals surface area contributed by atoms with E-state index in [9.17, 15) is 4.79 Å². The highest BCUT2D eigenvalue weighted by molar-refractivity contribution is 5.95. The molecule has 18 heavy (non-hydrogen) atoms. The van der Waals surface area contributed by atoms with Gasteiger partial charge in [-0.2, -0.15) is 5.26 Å². The molecule has 0 aromatic heterocycles. The molecule has 2 N–H and O–H groups in total. The monoisotopic (exact) mass is 246 g/mol. The largest absolute Gasteiger partial charge is 0.396 e. The van der Waals surface area contributed by atoms with Gasteiger partial charge in [0.05, 0.1) is 11.6 Å². The van der Waals surface area contributed by atoms with Crippen LogP contribution < -0.4 is 5.32 Å². The number of nitrogens with one attached hydrogen (secondary N) is 1. The van der Waals surface area contributed by atoms with Crippen molar-refractivity contribution in [2.24, 2.45) is 5.92 Å². The quantitative estimate of drug-likeness (QED) is 0.847. The zero-order valence-electron chi connectivity index (χ0n) is 10.9. The fraction of sp³-hybridized carbons (Fsp3) is 0.429. The van der Waals surface area contributed by atoms with Gasteiger partial charge in [0, 0.05) is 18.2 Å². The van der Waals surface area contributed by atoms with Gasteiger partial charge in [-0.15, -0.1) is 0 Å². The minimum Gasteiger partial charge on any atom is -0.396 e. The van der Waals surface area contributed by atoms with Gasteiger partial charge in [0.2, 0.25) is 0 Å². The molecule has 0 saturated carbocycles. The third-order valence-electron chi connectivity index (χ3n) is 3.10. The van der Waals surface area contributed by atoms with Gasteiger partial charge in [-0.25, -0.2) is 0 Å². The van der Waals surface area contributed by atoms with Crippen LogP contribution in [0.15, 0.2) is 18.2 Å². The van der Waals surface area contributed by atoms with Gasteiger partial charge in [-0.1, -0.05) is 6.92 Å². The summed E-state index contributed by atoms with van der Waals surface area (Å²) in [5, 5.41) is 20.6. The Morgan fingerprint density at radius 1 is 1.50 bits per heavy atom. The number of aliphatic hydroxyl groups excluding tert-OH is 1. The average molecular weight is 246 g/mol. The summed E-state index contributed by atoms with van der Waals surface area (Å²) in [7, 11) is 0. The third kappa shape index (κ3) is 3.31. The normalized spacial score (nSPS) is 13.5. The molecule has 0 heterocycles. The van der Waals surface area contributed by atoms with Gasteiger partial charge in [0.25, 0.3) is 5.91 Å². The van der Waals surface area contributed by atoms with E-state index in [4.69, 9.17) is 10.4 Å². The Balaban J connectivity index is 2.82. The van der Waals surface area contributed by atoms with E-state index >= 15 is 0 Å². The smallest absolute Gasteiger partial charge is 0.251 e. The number of nitrogens with zero attached hydrogens (tertiary/aromatic N) is 1. The van der Waals surface area contributed by atoms with Crippen molar-refractivity contribution in [3.05, 3.63) is 34.9 Å². The number of aliphatic hydroxyl groups is 1. The van der Waals surface area contributed by atoms with Crippen molar-refractivity contribution in [2.75, 3.05) is 6.61 Å². The molecular formula is C14H18N2O2. The Labute approximate surface area is 107 Å². The number of rotatable bonds is 4. The van der Waals surface area contributed by atoms with E-state index in [0.717, 1.165) is 5.56 Å². The molecule has 0 aliphatic heterocycles. The number of hydrogen-bond acceptors (Lipinski definition) is 3. The Bertz CT molecular complexity index is 477. The molecule has 0 fully saturated rings. The number of aryl methyl sites for hydroxylation is 1. The lowest BCUT2D eigenvalue weighted by molar-refractivity contribution is 0.0915. The third-order valence-corrected chi connectivity index (χ3v) is 3.10. The first-order valence-electron chi connectivity index (χ1n) is 5.92. The molecule has 0 aliphatic carbocycles. The van der Waals surface area contributed by atoms with Gasteiger partial charge in [0.1, 0.15) is 0 Å². The molecule has 1 aromatic carbocycles. The average Bonchev–Trinajstić information content (AvgIpc) is 2.37. The minimum atomic E-state index is -0.176. The van der Waals surface area contributed by atoms with Gasteiger partial charge >= 0.3 is 0 Å². The van der Waals surface area contributed by atoms with Crippen molar-refractivity contribution in [2.45, 2.75) is 26.8 Å². The van der Waals surface area contributed by atoms with E-state index in [2.05, 4.69) is 5.32 Å². The number of carbonyl (C=O) groups excluding carboxylic acids is 1. The number of nitriles is 1. The molecule has 4 heteroatoms. The fourth-order valence-electron chi connectivity index (χ4n) is 1.57. The van der Waals surface area contributed by atoms with Crippen LogP contribution in [0.3, 0.4) is 0 Å². The van der Waals surface area contributed by atoms with E-state index in [1.165, 1.54) is 0 Å². The topological polar surface area (TPSA) is 73.1 Å². The number of benzene rings is 1. The maximum absolute atomic E-state index is 12.0. The number of hydrogen-bond donors (Lipinski definition) is 2. The van der Waals surface area contributed by atoms with Gasteiger partial charge < -0.3 is 10.4 Å². The molecule has 0 aliphatic rings. The van der Waals surface area contributed by atoms with E-state index in [1.54, 1.807) is 25.1 Å². The molecule has 1 rings (SSSR count). The van der Waals surface area contributed by atoms with E-state index in [-0.39, 0.29) is 24.5 Å². The highest BCUT2D eigenvalue weighted by Gasteiger charge is 2.16. The Kier molecular flexibility index (Phi) is 4.87. The molecule has 2 unspecified atom stereocenters. The molecule has 4 nitrogen and oxygen atoms in total. The maximum Gasteiger partial charge on any atom is 0.251 e. The Morgan fingerprint density at radius 3 is 2.67 bits per heavy atom. The van der Waals surface area contributed by atoms with Crippen molar-refractivity contribution >= 4 is 5.91 Å². The lowest BCUT2D eigenvalue weighted by Gasteiger charge is -2.19. The molecule has 1 amide bonds. The van der Waals surface area contributed by atoms with Crippen molar-refractivity contribution < 1.29 is 9.90 Å². The van der Waals surface area contributed by atoms with Crippen LogP contribution in [0.4, 0.5) is 0 Å². The molecular weight excluding hydrogens is 228 g/mol. The van der Waals surface area contributed by atoms with E-state index in [0.29, 0.717) is 11.1 Å². The minimum absolute atomic E-state index is 0.00707. The van der Waals surface area contributed by atoms with Crippen molar-refractivity contribution in [1.29, 1.82) is 5.26 Å². The number of carbonyl (C=O) groups is 1. The Morgan fingerprint density at radius 2 is 2.17 bits per heavy atom. The second-order valence-corrected chi connectivity index (χ2v) is 4.56. The van der Waals surface area contributed by atoms with Gasteiger partial charge in [-0.3, -0.25) is 4.79 Å². The summed E-state index contributed by atoms with van der Waals surface area (Å²) in [6.07, 6.45) is 0. The molecule has 0 saturated heterocycles. The van der Waals surface area contributed by atoms with Crippen LogP contribution in [0.5, 0.6) is 0 Å². The van der Waals surface area contributed by atoms with Crippen LogP contribution in [0.1, 0.15) is 35.3 Å². The summed E-state index contributed by atoms with van der Waals surface area (Å²) in [5.74, 6) is -0.169. The van der Waals surface area contributed by atoms with E-state index in [1.807, 2.05) is 19.9 Å². The summed E-state index contributed by atoms with van der Waals surface area (Å²) in [5.41, 5.74) is 1.88. The van der Waals surface area contributed by atoms with E-state index < -0.39 is 0 Å². The van der Waals surface area contributed by atoms with Crippen LogP contribution in [0.2, 0.25) is 0 Å². The maximum atomic E-state index is 12.0. The predicted molar refractivity (Wildman–Crippen MR) is 69.1 cm³/mol. The van der Waals surface area contributed by atoms with Crippen LogP contribution in [-0.4, -0.2) is 23.7 Å². The standard InChI is InChI=1S/C14H18N2O2/c1-9-6-12(7-15)4-5-13(9)14(18)16-11(3)10(2)8-17/h4-6,10-11,17H,8H2,1-3H3,(H,16,18). The molecule has 2 atom stereocenters. The lowest BCUT2D eigenvalue weighted by Crippen LogP contribution is -2.38. The molecule has 0 radical (unpaired) electrons. The van der Waals surface area contributed by atoms with Crippen LogP contribution in [-0.2, 0) is 0 Å². The predicted octanol–water partition coefficient (Wildman–Crippen LogP) is 1.61. The second kappa shape index (κ2) is 6.18. The lowest BCUT2D eigenvalue weighted by atomic mass is 10.0. The number of amides is 1. The zero-order chi connectivity index (χ0) is 13.7. The molecule has 0 spiro atoms. The summed E-state index contributed by atoms with van der Waals surface area (Å²) in [4.78, 5) is 12.0. The SMILES string of the molecule is Cc1cc(C#N)ccc1C(=O)NC(C)C(C)CO. The van der Waals surface area contributed by atoms with Gasteiger partial charge in [-0.05, 0) is 43.5 Å². The molecule has 0 bridgehead atoms. The highest BCUT2D eigenvalue weighted by atomic mass is 16.3. The molecule has 96 valence electrons. The van der Waals surface area contributed by atoms with Crippen molar-refractivity contribution in [1.82, 2.24) is 5.32 Å². The zero-order valence-corrected chi connectivity index (χ0v) is 10.9. The fourth-order valence-corrected chi connectivity index (χ4v) is 1.57. The first kappa shape index (κ1) is 14.2. The van der Waals surface area contributed by atoms with Crippen molar-refractivity contribution in [3.8, 4) is 6.07 Å². The summed E-state index contributed by atoms with van der Waals surface area (Å²) in [6, 6.07) is 6.91. The first-order valence-corrected chi connectivity index (χ1v) is 5.92. The van der Waals surface area contributed by atoms with Crippen LogP contribution >= 0.6 is 0 Å². The van der Waals surface area contributed by atoms with Crippen molar-refractivity contribution in [3.63, 3.8) is 0 Å². The Hall–Kier alpha value is -1.86. The highest BCUT2D eigenvalue weighted by Crippen LogP contribution is 2.11. The summed E-state index contributed by atoms with van der Waals surface area (Å²) < 4.78 is 0. The summed E-state index contributed by atoms with van der Waals surface area (Å²) in [6.45, 7) is 5.57. The first-order chi connectivity index (χ1) is 8.49. The van der Waals surface area contributed by atoms with Crippen LogP contribution in [0, 0.1) is 24.2 Å². The summed E-state index contributed by atoms with van der Waals surface area (Å²) >= 11 is 0. The van der Waals surface area contributed by atoms with Crippen LogP contribution in [0.25, 0.3) is 0 Å². The van der Waals surface area contributed by atoms with Gasteiger partial charge in [0.15, 0.2) is 0 Å². The molecule has 1 aromatic rings.